The first-order valence-corrected chi connectivity index (χ1v) is 10.1. The number of nitrogens with zero attached hydrogens (tertiary/aromatic N) is 2. The molecule has 2 aromatic carbocycles. The van der Waals surface area contributed by atoms with Gasteiger partial charge < -0.3 is 9.67 Å². The Balaban J connectivity index is 2.06. The highest BCUT2D eigenvalue weighted by molar-refractivity contribution is 6.36. The van der Waals surface area contributed by atoms with Crippen molar-refractivity contribution in [2.45, 2.75) is 12.6 Å². The third-order valence-corrected chi connectivity index (χ3v) is 5.64. The minimum atomic E-state index is -1.40. The van der Waals surface area contributed by atoms with Crippen molar-refractivity contribution in [3.8, 4) is 22.4 Å². The number of pyridine rings is 1. The van der Waals surface area contributed by atoms with Crippen molar-refractivity contribution < 1.29 is 5.11 Å². The van der Waals surface area contributed by atoms with Crippen molar-refractivity contribution in [1.82, 2.24) is 9.55 Å². The highest BCUT2D eigenvalue weighted by atomic mass is 35.5. The Hall–Kier alpha value is -2.30. The average Bonchev–Trinajstić information content (AvgIpc) is 3.23. The van der Waals surface area contributed by atoms with Crippen LogP contribution in [-0.2, 0) is 5.72 Å². The lowest BCUT2D eigenvalue weighted by atomic mass is 9.89. The summed E-state index contributed by atoms with van der Waals surface area (Å²) in [4.78, 5) is 4.59. The SMILES string of the molecule is CC(O)(c1c(-c2cccc(Cl)c2)ccnc1-c1ccc(Cl)cc1Cl)n1cccc1. The number of rotatable bonds is 4. The van der Waals surface area contributed by atoms with Crippen molar-refractivity contribution in [1.29, 1.82) is 0 Å². The molecule has 0 aliphatic heterocycles. The van der Waals surface area contributed by atoms with Crippen LogP contribution in [0.3, 0.4) is 0 Å². The van der Waals surface area contributed by atoms with Crippen LogP contribution in [-0.4, -0.2) is 14.7 Å². The average molecular weight is 444 g/mol. The Morgan fingerprint density at radius 3 is 2.28 bits per heavy atom. The first-order valence-electron chi connectivity index (χ1n) is 8.94. The van der Waals surface area contributed by atoms with Gasteiger partial charge in [0.05, 0.1) is 10.7 Å². The largest absolute Gasteiger partial charge is 0.367 e. The summed E-state index contributed by atoms with van der Waals surface area (Å²) in [5.41, 5.74) is 2.15. The molecule has 0 spiro atoms. The predicted molar refractivity (Wildman–Crippen MR) is 120 cm³/mol. The molecular formula is C23H17Cl3N2O. The maximum Gasteiger partial charge on any atom is 0.167 e. The van der Waals surface area contributed by atoms with Crippen LogP contribution in [0.4, 0.5) is 0 Å². The molecule has 1 N–H and O–H groups in total. The van der Waals surface area contributed by atoms with Gasteiger partial charge in [0.1, 0.15) is 0 Å². The van der Waals surface area contributed by atoms with E-state index in [1.807, 2.05) is 60.9 Å². The number of halogens is 3. The Morgan fingerprint density at radius 2 is 1.59 bits per heavy atom. The highest BCUT2D eigenvalue weighted by Gasteiger charge is 2.32. The fourth-order valence-electron chi connectivity index (χ4n) is 3.48. The second-order valence-electron chi connectivity index (χ2n) is 6.83. The summed E-state index contributed by atoms with van der Waals surface area (Å²) in [7, 11) is 0. The smallest absolute Gasteiger partial charge is 0.167 e. The Kier molecular flexibility index (Phi) is 5.41. The van der Waals surface area contributed by atoms with Crippen LogP contribution in [0.5, 0.6) is 0 Å². The molecule has 1 unspecified atom stereocenters. The van der Waals surface area contributed by atoms with Crippen LogP contribution >= 0.6 is 34.8 Å². The van der Waals surface area contributed by atoms with E-state index in [4.69, 9.17) is 34.8 Å². The highest BCUT2D eigenvalue weighted by Crippen LogP contribution is 2.41. The standard InChI is InChI=1S/C23H17Cl3N2O/c1-23(29,28-11-2-3-12-28)21-18(15-5-4-6-16(24)13-15)9-10-27-22(21)19-8-7-17(25)14-20(19)26/h2-14,29H,1H3. The van der Waals surface area contributed by atoms with Crippen LogP contribution < -0.4 is 0 Å². The minimum absolute atomic E-state index is 0.456. The molecule has 0 aliphatic rings. The molecule has 1 atom stereocenters. The first kappa shape index (κ1) is 20.0. The van der Waals surface area contributed by atoms with Gasteiger partial charge in [0.2, 0.25) is 0 Å². The molecule has 0 aliphatic carbocycles. The maximum atomic E-state index is 11.7. The van der Waals surface area contributed by atoms with Crippen molar-refractivity contribution in [3.63, 3.8) is 0 Å². The normalized spacial score (nSPS) is 13.3. The molecular weight excluding hydrogens is 427 g/mol. The molecule has 6 heteroatoms. The van der Waals surface area contributed by atoms with Crippen molar-refractivity contribution in [3.05, 3.63) is 99.9 Å². The molecule has 0 amide bonds. The van der Waals surface area contributed by atoms with Gasteiger partial charge >= 0.3 is 0 Å². The zero-order valence-electron chi connectivity index (χ0n) is 15.5. The third-order valence-electron chi connectivity index (χ3n) is 4.85. The Bertz CT molecular complexity index is 1170. The van der Waals surface area contributed by atoms with Gasteiger partial charge in [0.25, 0.3) is 0 Å². The minimum Gasteiger partial charge on any atom is -0.367 e. The van der Waals surface area contributed by atoms with E-state index in [0.717, 1.165) is 11.1 Å². The van der Waals surface area contributed by atoms with E-state index in [9.17, 15) is 5.11 Å². The fraction of sp³-hybridized carbons (Fsp3) is 0.0870. The quantitative estimate of drug-likeness (QED) is 0.373. The Labute approximate surface area is 184 Å². The zero-order chi connectivity index (χ0) is 20.6. The molecule has 29 heavy (non-hydrogen) atoms. The van der Waals surface area contributed by atoms with Crippen LogP contribution in [0.1, 0.15) is 12.5 Å². The van der Waals surface area contributed by atoms with E-state index in [-0.39, 0.29) is 0 Å². The molecule has 0 fully saturated rings. The lowest BCUT2D eigenvalue weighted by molar-refractivity contribution is 0.0265. The van der Waals surface area contributed by atoms with E-state index < -0.39 is 5.72 Å². The molecule has 2 aromatic heterocycles. The number of hydrogen-bond donors (Lipinski definition) is 1. The predicted octanol–water partition coefficient (Wildman–Crippen LogP) is 6.89. The number of benzene rings is 2. The first-order chi connectivity index (χ1) is 13.9. The lowest BCUT2D eigenvalue weighted by Crippen LogP contribution is -2.31. The molecule has 146 valence electrons. The maximum absolute atomic E-state index is 11.7. The third kappa shape index (κ3) is 3.79. The monoisotopic (exact) mass is 442 g/mol. The van der Waals surface area contributed by atoms with Gasteiger partial charge in [-0.2, -0.15) is 0 Å². The molecule has 0 radical (unpaired) electrons. The summed E-state index contributed by atoms with van der Waals surface area (Å²) in [5.74, 6) is 0. The van der Waals surface area contributed by atoms with Crippen LogP contribution in [0.2, 0.25) is 15.1 Å². The second kappa shape index (κ2) is 7.85. The van der Waals surface area contributed by atoms with Crippen molar-refractivity contribution in [2.75, 3.05) is 0 Å². The number of hydrogen-bond acceptors (Lipinski definition) is 2. The summed E-state index contributed by atoms with van der Waals surface area (Å²) in [6.07, 6.45) is 5.32. The van der Waals surface area contributed by atoms with Crippen molar-refractivity contribution >= 4 is 34.8 Å². The summed E-state index contributed by atoms with van der Waals surface area (Å²) in [5, 5.41) is 13.3. The van der Waals surface area contributed by atoms with Gasteiger partial charge in [-0.25, -0.2) is 0 Å². The van der Waals surface area contributed by atoms with E-state index >= 15 is 0 Å². The van der Waals surface area contributed by atoms with Crippen LogP contribution in [0.25, 0.3) is 22.4 Å². The molecule has 4 aromatic rings. The van der Waals surface area contributed by atoms with Crippen molar-refractivity contribution in [2.24, 2.45) is 0 Å². The van der Waals surface area contributed by atoms with Gasteiger partial charge in [-0.05, 0) is 66.6 Å². The van der Waals surface area contributed by atoms with Gasteiger partial charge in [-0.3, -0.25) is 4.98 Å². The molecule has 0 saturated carbocycles. The summed E-state index contributed by atoms with van der Waals surface area (Å²) >= 11 is 18.8. The van der Waals surface area contributed by atoms with Gasteiger partial charge in [0, 0.05) is 39.8 Å². The van der Waals surface area contributed by atoms with Crippen LogP contribution in [0.15, 0.2) is 79.3 Å². The molecule has 2 heterocycles. The summed E-state index contributed by atoms with van der Waals surface area (Å²) in [6, 6.07) is 18.3. The van der Waals surface area contributed by atoms with Gasteiger partial charge in [0.15, 0.2) is 5.72 Å². The lowest BCUT2D eigenvalue weighted by Gasteiger charge is -2.30. The molecule has 0 bridgehead atoms. The zero-order valence-corrected chi connectivity index (χ0v) is 17.7. The van der Waals surface area contributed by atoms with Crippen LogP contribution in [0, 0.1) is 0 Å². The van der Waals surface area contributed by atoms with E-state index in [2.05, 4.69) is 4.98 Å². The van der Waals surface area contributed by atoms with E-state index in [0.29, 0.717) is 31.9 Å². The number of aliphatic hydroxyl groups is 1. The molecule has 0 saturated heterocycles. The molecule has 3 nitrogen and oxygen atoms in total. The topological polar surface area (TPSA) is 38.1 Å². The fourth-order valence-corrected chi connectivity index (χ4v) is 4.17. The summed E-state index contributed by atoms with van der Waals surface area (Å²) in [6.45, 7) is 1.73. The second-order valence-corrected chi connectivity index (χ2v) is 8.11. The molecule has 4 rings (SSSR count). The summed E-state index contributed by atoms with van der Waals surface area (Å²) < 4.78 is 1.73. The number of aromatic nitrogens is 2. The van der Waals surface area contributed by atoms with Gasteiger partial charge in [-0.15, -0.1) is 0 Å². The van der Waals surface area contributed by atoms with E-state index in [1.165, 1.54) is 0 Å². The van der Waals surface area contributed by atoms with Gasteiger partial charge in [-0.1, -0.05) is 46.9 Å². The van der Waals surface area contributed by atoms with E-state index in [1.54, 1.807) is 29.8 Å². The Morgan fingerprint density at radius 1 is 0.862 bits per heavy atom.